The lowest BCUT2D eigenvalue weighted by molar-refractivity contribution is 0.0698. The van der Waals surface area contributed by atoms with Crippen molar-refractivity contribution in [3.63, 3.8) is 0 Å². The highest BCUT2D eigenvalue weighted by Gasteiger charge is 2.27. The summed E-state index contributed by atoms with van der Waals surface area (Å²) in [5.41, 5.74) is 0.477. The fourth-order valence-corrected chi connectivity index (χ4v) is 7.27. The Hall–Kier alpha value is -0.220. The first-order valence-corrected chi connectivity index (χ1v) is 10.5. The third-order valence-electron chi connectivity index (χ3n) is 2.77. The minimum absolute atomic E-state index is 0.0940. The van der Waals surface area contributed by atoms with E-state index in [4.69, 9.17) is 5.11 Å². The smallest absolute Gasteiger partial charge is 0.347 e. The average molecular weight is 354 g/mol. The predicted octanol–water partition coefficient (Wildman–Crippen LogP) is 1.88. The van der Waals surface area contributed by atoms with Gasteiger partial charge in [0, 0.05) is 29.1 Å². The second-order valence-electron chi connectivity index (χ2n) is 4.30. The lowest BCUT2D eigenvalue weighted by Crippen LogP contribution is -2.34. The van der Waals surface area contributed by atoms with Crippen LogP contribution in [0.4, 0.5) is 0 Å². The summed E-state index contributed by atoms with van der Waals surface area (Å²) in [5.74, 6) is 1.84. The number of rotatable bonds is 5. The molecule has 5 nitrogen and oxygen atoms in total. The molecule has 9 heteroatoms. The molecule has 0 saturated carbocycles. The largest absolute Gasteiger partial charge is 0.477 e. The summed E-state index contributed by atoms with van der Waals surface area (Å²) in [4.78, 5) is 10.9. The quantitative estimate of drug-likeness (QED) is 0.841. The molecule has 1 aliphatic rings. The van der Waals surface area contributed by atoms with Crippen molar-refractivity contribution < 1.29 is 18.3 Å². The van der Waals surface area contributed by atoms with Crippen molar-refractivity contribution in [2.24, 2.45) is 0 Å². The number of carbonyl (C=O) groups is 1. The molecule has 112 valence electrons. The molecule has 1 saturated heterocycles. The van der Waals surface area contributed by atoms with Crippen molar-refractivity contribution in [3.05, 3.63) is 15.8 Å². The first-order valence-electron chi connectivity index (χ1n) is 5.92. The highest BCUT2D eigenvalue weighted by Crippen LogP contribution is 2.28. The summed E-state index contributed by atoms with van der Waals surface area (Å²) in [6, 6.07) is 0. The second-order valence-corrected chi connectivity index (χ2v) is 9.44. The van der Waals surface area contributed by atoms with Crippen molar-refractivity contribution in [1.82, 2.24) is 4.72 Å². The van der Waals surface area contributed by atoms with Crippen molar-refractivity contribution in [2.45, 2.75) is 17.1 Å². The molecule has 20 heavy (non-hydrogen) atoms. The third kappa shape index (κ3) is 3.70. The third-order valence-corrected chi connectivity index (χ3v) is 8.44. The minimum atomic E-state index is -3.77. The van der Waals surface area contributed by atoms with Crippen LogP contribution in [-0.4, -0.2) is 48.5 Å². The van der Waals surface area contributed by atoms with Crippen molar-refractivity contribution in [2.75, 3.05) is 23.8 Å². The Morgan fingerprint density at radius 2 is 2.25 bits per heavy atom. The number of thioether (sulfide) groups is 2. The summed E-state index contributed by atoms with van der Waals surface area (Å²) in [7, 11) is -3.77. The van der Waals surface area contributed by atoms with Gasteiger partial charge in [0.05, 0.1) is 0 Å². The van der Waals surface area contributed by atoms with Crippen molar-refractivity contribution >= 4 is 50.9 Å². The molecule has 0 amide bonds. The first-order chi connectivity index (χ1) is 9.42. The van der Waals surface area contributed by atoms with Gasteiger partial charge < -0.3 is 5.11 Å². The van der Waals surface area contributed by atoms with E-state index in [0.29, 0.717) is 12.1 Å². The first kappa shape index (κ1) is 16.2. The molecule has 0 bridgehead atoms. The van der Waals surface area contributed by atoms with Crippen molar-refractivity contribution in [1.29, 1.82) is 0 Å². The van der Waals surface area contributed by atoms with Gasteiger partial charge >= 0.3 is 5.97 Å². The topological polar surface area (TPSA) is 83.5 Å². The summed E-state index contributed by atoms with van der Waals surface area (Å²) in [6.07, 6.45) is 0. The van der Waals surface area contributed by atoms with E-state index in [1.165, 1.54) is 0 Å². The minimum Gasteiger partial charge on any atom is -0.477 e. The Morgan fingerprint density at radius 1 is 1.50 bits per heavy atom. The van der Waals surface area contributed by atoms with Crippen LogP contribution in [0, 0.1) is 6.92 Å². The molecule has 1 fully saturated rings. The summed E-state index contributed by atoms with van der Waals surface area (Å²) < 4.78 is 27.1. The van der Waals surface area contributed by atoms with Gasteiger partial charge in [-0.25, -0.2) is 17.9 Å². The van der Waals surface area contributed by atoms with Gasteiger partial charge in [0.2, 0.25) is 10.0 Å². The summed E-state index contributed by atoms with van der Waals surface area (Å²) in [6.45, 7) is 1.96. The number of aromatic carboxylic acids is 1. The Bertz CT molecular complexity index is 590. The fourth-order valence-electron chi connectivity index (χ4n) is 1.84. The van der Waals surface area contributed by atoms with Gasteiger partial charge in [0.1, 0.15) is 9.77 Å². The number of hydrogen-bond donors (Lipinski definition) is 2. The molecule has 0 aromatic carbocycles. The molecule has 2 N–H and O–H groups in total. The normalized spacial score (nSPS) is 19.9. The number of aryl methyl sites for hydroxylation is 1. The maximum atomic E-state index is 12.3. The second kappa shape index (κ2) is 6.69. The lowest BCUT2D eigenvalue weighted by atomic mass is 10.3. The van der Waals surface area contributed by atoms with Gasteiger partial charge in [-0.3, -0.25) is 0 Å². The maximum Gasteiger partial charge on any atom is 0.347 e. The Balaban J connectivity index is 2.14. The molecule has 1 aromatic heterocycles. The van der Waals surface area contributed by atoms with E-state index in [1.807, 2.05) is 11.8 Å². The SMILES string of the molecule is Cc1csc(C(=O)O)c1S(=O)(=O)NCC1CSCCS1. The molecular weight excluding hydrogens is 338 g/mol. The van der Waals surface area contributed by atoms with E-state index < -0.39 is 16.0 Å². The number of thiophene rings is 1. The van der Waals surface area contributed by atoms with Crippen molar-refractivity contribution in [3.8, 4) is 0 Å². The van der Waals surface area contributed by atoms with Crippen LogP contribution < -0.4 is 4.72 Å². The van der Waals surface area contributed by atoms with Gasteiger partial charge in [-0.1, -0.05) is 0 Å². The van der Waals surface area contributed by atoms with Crippen LogP contribution in [0.5, 0.6) is 0 Å². The van der Waals surface area contributed by atoms with E-state index in [0.717, 1.165) is 28.6 Å². The molecule has 1 unspecified atom stereocenters. The number of nitrogens with one attached hydrogen (secondary N) is 1. The van der Waals surface area contributed by atoms with Gasteiger partial charge in [0.15, 0.2) is 0 Å². The van der Waals surface area contributed by atoms with Gasteiger partial charge in [-0.2, -0.15) is 23.5 Å². The molecule has 2 heterocycles. The highest BCUT2D eigenvalue weighted by molar-refractivity contribution is 8.06. The highest BCUT2D eigenvalue weighted by atomic mass is 32.2. The standard InChI is InChI=1S/C11H15NO4S4/c1-7-5-19-9(11(13)14)10(7)20(15,16)12-4-8-6-17-2-3-18-8/h5,8,12H,2-4,6H2,1H3,(H,13,14). The van der Waals surface area contributed by atoms with Crippen LogP contribution in [0.3, 0.4) is 0 Å². The molecule has 0 aliphatic carbocycles. The Labute approximate surface area is 130 Å². The van der Waals surface area contributed by atoms with E-state index >= 15 is 0 Å². The summed E-state index contributed by atoms with van der Waals surface area (Å²) >= 11 is 4.51. The van der Waals surface area contributed by atoms with Gasteiger partial charge in [-0.15, -0.1) is 11.3 Å². The molecule has 1 aliphatic heterocycles. The van der Waals surface area contributed by atoms with E-state index in [9.17, 15) is 13.2 Å². The van der Waals surface area contributed by atoms with Crippen LogP contribution in [0.15, 0.2) is 10.3 Å². The number of carboxylic acid groups (broad SMARTS) is 1. The van der Waals surface area contributed by atoms with Gasteiger partial charge in [-0.05, 0) is 17.9 Å². The number of carboxylic acids is 1. The van der Waals surface area contributed by atoms with E-state index in [2.05, 4.69) is 4.72 Å². The van der Waals surface area contributed by atoms with Gasteiger partial charge in [0.25, 0.3) is 0 Å². The molecule has 0 spiro atoms. The number of sulfonamides is 1. The Morgan fingerprint density at radius 3 is 2.85 bits per heavy atom. The lowest BCUT2D eigenvalue weighted by Gasteiger charge is -2.21. The maximum absolute atomic E-state index is 12.3. The van der Waals surface area contributed by atoms with Crippen LogP contribution in [0.25, 0.3) is 0 Å². The molecule has 1 atom stereocenters. The molecular formula is C11H15NO4S4. The van der Waals surface area contributed by atoms with Crippen LogP contribution in [-0.2, 0) is 10.0 Å². The van der Waals surface area contributed by atoms with E-state index in [-0.39, 0.29) is 15.0 Å². The van der Waals surface area contributed by atoms with Crippen LogP contribution in [0.2, 0.25) is 0 Å². The monoisotopic (exact) mass is 353 g/mol. The summed E-state index contributed by atoms with van der Waals surface area (Å²) in [5, 5.41) is 10.9. The van der Waals surface area contributed by atoms with E-state index in [1.54, 1.807) is 24.1 Å². The zero-order chi connectivity index (χ0) is 14.8. The molecule has 0 radical (unpaired) electrons. The van der Waals surface area contributed by atoms with Crippen LogP contribution >= 0.6 is 34.9 Å². The average Bonchev–Trinajstić information content (AvgIpc) is 2.81. The predicted molar refractivity (Wildman–Crippen MR) is 84.8 cm³/mol. The van der Waals surface area contributed by atoms with Crippen LogP contribution in [0.1, 0.15) is 15.2 Å². The fraction of sp³-hybridized carbons (Fsp3) is 0.545. The molecule has 1 aromatic rings. The Kier molecular flexibility index (Phi) is 5.41. The zero-order valence-corrected chi connectivity index (χ0v) is 14.1. The molecule has 2 rings (SSSR count). The number of hydrogen-bond acceptors (Lipinski definition) is 6. The zero-order valence-electron chi connectivity index (χ0n) is 10.8.